The Morgan fingerprint density at radius 1 is 0.328 bits per heavy atom. The summed E-state index contributed by atoms with van der Waals surface area (Å²) in [6.07, 6.45) is 0. The summed E-state index contributed by atoms with van der Waals surface area (Å²) in [7, 11) is 0. The number of aromatic nitrogens is 6. The highest BCUT2D eigenvalue weighted by Gasteiger charge is 2.26. The van der Waals surface area contributed by atoms with E-state index in [0.29, 0.717) is 40.4 Å². The molecule has 0 aliphatic carbocycles. The van der Waals surface area contributed by atoms with E-state index >= 15 is 0 Å². The first-order valence-electron chi connectivity index (χ1n) is 20.1. The number of rotatable bonds is 4. The number of oxazole rings is 1. The van der Waals surface area contributed by atoms with Gasteiger partial charge in [0.15, 0.2) is 17.2 Å². The molecule has 284 valence electrons. The molecule has 0 fully saturated rings. The second-order valence-electron chi connectivity index (χ2n) is 15.4. The van der Waals surface area contributed by atoms with Crippen LogP contribution in [0.4, 0.5) is 0 Å². The first-order valence-corrected chi connectivity index (χ1v) is 20.1. The first kappa shape index (κ1) is 32.4. The van der Waals surface area contributed by atoms with Crippen LogP contribution >= 0.6 is 0 Å². The van der Waals surface area contributed by atoms with Gasteiger partial charge in [-0.1, -0.05) is 121 Å². The summed E-state index contributed by atoms with van der Waals surface area (Å²) in [6, 6.07) is 58.0. The Bertz CT molecular complexity index is 3980. The van der Waals surface area contributed by atoms with Gasteiger partial charge in [-0.2, -0.15) is 15.0 Å². The van der Waals surface area contributed by atoms with Gasteiger partial charge in [0.2, 0.25) is 5.95 Å². The second kappa shape index (κ2) is 12.0. The van der Waals surface area contributed by atoms with Crippen molar-refractivity contribution in [1.29, 1.82) is 0 Å². The monoisotopic (exact) mass is 784 g/mol. The Morgan fingerprint density at radius 3 is 1.39 bits per heavy atom. The minimum absolute atomic E-state index is 0.439. The summed E-state index contributed by atoms with van der Waals surface area (Å²) in [5.74, 6) is 1.38. The molecule has 6 heterocycles. The van der Waals surface area contributed by atoms with Gasteiger partial charge in [0.05, 0.1) is 33.2 Å². The Morgan fingerprint density at radius 2 is 0.803 bits per heavy atom. The first-order chi connectivity index (χ1) is 30.2. The van der Waals surface area contributed by atoms with Crippen molar-refractivity contribution >= 4 is 98.6 Å². The number of hydrogen-bond acceptors (Lipinski definition) is 7. The lowest BCUT2D eigenvalue weighted by atomic mass is 10.1. The van der Waals surface area contributed by atoms with Crippen molar-refractivity contribution in [2.45, 2.75) is 0 Å². The quantitative estimate of drug-likeness (QED) is 0.175. The zero-order valence-corrected chi connectivity index (χ0v) is 32.1. The van der Waals surface area contributed by atoms with Gasteiger partial charge in [-0.05, 0) is 48.5 Å². The van der Waals surface area contributed by atoms with E-state index in [1.807, 2.05) is 84.9 Å². The van der Waals surface area contributed by atoms with Crippen LogP contribution in [-0.4, -0.2) is 29.1 Å². The van der Waals surface area contributed by atoms with Crippen molar-refractivity contribution in [3.8, 4) is 34.7 Å². The lowest BCUT2D eigenvalue weighted by molar-refractivity contribution is 0.574. The van der Waals surface area contributed by atoms with Gasteiger partial charge in [-0.25, -0.2) is 4.98 Å². The zero-order chi connectivity index (χ0) is 39.8. The number of para-hydroxylation sites is 8. The molecule has 0 aliphatic rings. The van der Waals surface area contributed by atoms with Crippen LogP contribution in [0.25, 0.3) is 133 Å². The van der Waals surface area contributed by atoms with Crippen LogP contribution in [0.3, 0.4) is 0 Å². The van der Waals surface area contributed by atoms with Gasteiger partial charge in [-0.3, -0.25) is 9.13 Å². The number of benzene rings is 8. The van der Waals surface area contributed by atoms with E-state index in [1.54, 1.807) is 0 Å². The topological polar surface area (TPSA) is 101 Å². The van der Waals surface area contributed by atoms with Crippen LogP contribution in [0.5, 0.6) is 0 Å². The van der Waals surface area contributed by atoms with E-state index < -0.39 is 0 Å². The third-order valence-corrected chi connectivity index (χ3v) is 12.1. The van der Waals surface area contributed by atoms with Gasteiger partial charge in [-0.15, -0.1) is 0 Å². The fraction of sp³-hybridized carbons (Fsp3) is 0. The zero-order valence-electron chi connectivity index (χ0n) is 32.1. The smallest absolute Gasteiger partial charge is 0.307 e. The summed E-state index contributed by atoms with van der Waals surface area (Å²) < 4.78 is 24.1. The molecular formula is C52H28N6O3. The molecular weight excluding hydrogens is 757 g/mol. The minimum Gasteiger partial charge on any atom is -0.455 e. The highest BCUT2D eigenvalue weighted by molar-refractivity contribution is 6.23. The van der Waals surface area contributed by atoms with E-state index in [0.717, 1.165) is 93.0 Å². The molecule has 0 saturated heterocycles. The van der Waals surface area contributed by atoms with Crippen LogP contribution in [0.2, 0.25) is 0 Å². The SMILES string of the molecule is c1ccc2oc(-n3c4ccccc4c4ccc5c6ccccc6n(-c6nc(-c7cccc8c7oc7ccccc78)nc(-c7cccc8c7oc7ccccc78)n6)c5c43)nc2c1. The van der Waals surface area contributed by atoms with Gasteiger partial charge in [0.1, 0.15) is 27.8 Å². The molecule has 0 saturated carbocycles. The molecule has 14 aromatic rings. The Labute approximate surface area is 344 Å². The minimum atomic E-state index is 0.439. The summed E-state index contributed by atoms with van der Waals surface area (Å²) >= 11 is 0. The van der Waals surface area contributed by atoms with Crippen LogP contribution < -0.4 is 0 Å². The summed E-state index contributed by atoms with van der Waals surface area (Å²) in [5, 5.41) is 8.22. The maximum atomic E-state index is 6.60. The van der Waals surface area contributed by atoms with Crippen molar-refractivity contribution in [2.75, 3.05) is 0 Å². The van der Waals surface area contributed by atoms with Gasteiger partial charge in [0, 0.05) is 43.1 Å². The molecule has 61 heavy (non-hydrogen) atoms. The highest BCUT2D eigenvalue weighted by atomic mass is 16.4. The van der Waals surface area contributed by atoms with E-state index in [-0.39, 0.29) is 0 Å². The molecule has 9 heteroatoms. The number of hydrogen-bond donors (Lipinski definition) is 0. The predicted octanol–water partition coefficient (Wildman–Crippen LogP) is 13.3. The molecule has 0 atom stereocenters. The maximum absolute atomic E-state index is 6.60. The number of fused-ring (bicyclic) bond motifs is 14. The third-order valence-electron chi connectivity index (χ3n) is 12.1. The van der Waals surface area contributed by atoms with Crippen molar-refractivity contribution in [2.24, 2.45) is 0 Å². The summed E-state index contributed by atoms with van der Waals surface area (Å²) in [6.45, 7) is 0. The molecule has 0 amide bonds. The second-order valence-corrected chi connectivity index (χ2v) is 15.4. The van der Waals surface area contributed by atoms with Gasteiger partial charge >= 0.3 is 6.01 Å². The van der Waals surface area contributed by atoms with E-state index in [2.05, 4.69) is 94.1 Å². The normalized spacial score (nSPS) is 12.3. The molecule has 0 spiro atoms. The van der Waals surface area contributed by atoms with E-state index in [1.165, 1.54) is 0 Å². The van der Waals surface area contributed by atoms with Crippen molar-refractivity contribution < 1.29 is 13.3 Å². The molecule has 14 rings (SSSR count). The Hall–Kier alpha value is -8.56. The number of nitrogens with zero attached hydrogens (tertiary/aromatic N) is 6. The fourth-order valence-electron chi connectivity index (χ4n) is 9.42. The van der Waals surface area contributed by atoms with E-state index in [4.69, 9.17) is 33.2 Å². The van der Waals surface area contributed by atoms with Crippen LogP contribution in [0.1, 0.15) is 0 Å². The molecule has 0 bridgehead atoms. The lowest BCUT2D eigenvalue weighted by Crippen LogP contribution is -2.07. The Balaban J connectivity index is 1.14. The molecule has 0 N–H and O–H groups in total. The fourth-order valence-corrected chi connectivity index (χ4v) is 9.42. The summed E-state index contributed by atoms with van der Waals surface area (Å²) in [5.41, 5.74) is 9.72. The average molecular weight is 785 g/mol. The molecule has 0 aliphatic heterocycles. The largest absolute Gasteiger partial charge is 0.455 e. The van der Waals surface area contributed by atoms with Crippen molar-refractivity contribution in [3.05, 3.63) is 170 Å². The van der Waals surface area contributed by atoms with Crippen LogP contribution in [0, 0.1) is 0 Å². The highest BCUT2D eigenvalue weighted by Crippen LogP contribution is 2.43. The van der Waals surface area contributed by atoms with Crippen LogP contribution in [0.15, 0.2) is 183 Å². The molecule has 8 aromatic carbocycles. The van der Waals surface area contributed by atoms with E-state index in [9.17, 15) is 0 Å². The standard InChI is InChI=1S/C52H28N6O3/c1-6-22-40-29(13-1)33-27-28-34-30-14-2-7-23-41(30)58(52-53-39-21-5-10-26-44(39)61-52)46(34)45(33)57(40)51-55-49(37-19-11-17-35-31-15-3-8-24-42(31)59-47(35)37)54-50(56-51)38-20-12-18-36-32-16-4-9-25-43(32)60-48(36)38/h1-28H. The van der Waals surface area contributed by atoms with Gasteiger partial charge < -0.3 is 13.3 Å². The average Bonchev–Trinajstić information content (AvgIpc) is 4.14. The van der Waals surface area contributed by atoms with Crippen molar-refractivity contribution in [3.63, 3.8) is 0 Å². The van der Waals surface area contributed by atoms with Crippen LogP contribution in [-0.2, 0) is 0 Å². The Kier molecular flexibility index (Phi) is 6.37. The van der Waals surface area contributed by atoms with Crippen molar-refractivity contribution in [1.82, 2.24) is 29.1 Å². The predicted molar refractivity (Wildman–Crippen MR) is 241 cm³/mol. The van der Waals surface area contributed by atoms with Gasteiger partial charge in [0.25, 0.3) is 0 Å². The lowest BCUT2D eigenvalue weighted by Gasteiger charge is -2.12. The third kappa shape index (κ3) is 4.48. The summed E-state index contributed by atoms with van der Waals surface area (Å²) in [4.78, 5) is 21.2. The maximum Gasteiger partial charge on any atom is 0.307 e. The molecule has 0 unspecified atom stereocenters. The number of furan rings is 2. The molecule has 6 aromatic heterocycles. The molecule has 0 radical (unpaired) electrons. The molecule has 9 nitrogen and oxygen atoms in total.